The minimum atomic E-state index is -0.503. The van der Waals surface area contributed by atoms with Crippen molar-refractivity contribution in [2.45, 2.75) is 45.6 Å². The first kappa shape index (κ1) is 23.3. The summed E-state index contributed by atoms with van der Waals surface area (Å²) in [5, 5.41) is 0. The van der Waals surface area contributed by atoms with E-state index in [1.165, 1.54) is 12.8 Å². The Kier molecular flexibility index (Phi) is 8.07. The molecule has 2 fully saturated rings. The van der Waals surface area contributed by atoms with Crippen molar-refractivity contribution in [3.05, 3.63) is 35.9 Å². The van der Waals surface area contributed by atoms with Gasteiger partial charge in [0.2, 0.25) is 17.7 Å². The van der Waals surface area contributed by atoms with Crippen LogP contribution >= 0.6 is 0 Å². The molecule has 1 heterocycles. The van der Waals surface area contributed by atoms with E-state index in [1.807, 2.05) is 35.2 Å². The van der Waals surface area contributed by atoms with Crippen LogP contribution in [0.15, 0.2) is 30.3 Å². The zero-order valence-electron chi connectivity index (χ0n) is 18.8. The molecular weight excluding hydrogens is 392 g/mol. The highest BCUT2D eigenvalue weighted by atomic mass is 16.2. The zero-order valence-corrected chi connectivity index (χ0v) is 18.8. The normalized spacial score (nSPS) is 19.6. The molecule has 7 nitrogen and oxygen atoms in total. The Morgan fingerprint density at radius 3 is 2.52 bits per heavy atom. The highest BCUT2D eigenvalue weighted by Gasteiger charge is 2.37. The number of rotatable bonds is 11. The van der Waals surface area contributed by atoms with Crippen LogP contribution in [0.25, 0.3) is 0 Å². The highest BCUT2D eigenvalue weighted by Crippen LogP contribution is 2.31. The van der Waals surface area contributed by atoms with Gasteiger partial charge in [-0.05, 0) is 36.7 Å². The first-order valence-corrected chi connectivity index (χ1v) is 11.4. The van der Waals surface area contributed by atoms with E-state index in [0.29, 0.717) is 50.9 Å². The van der Waals surface area contributed by atoms with Crippen LogP contribution in [0.3, 0.4) is 0 Å². The molecule has 1 aromatic rings. The summed E-state index contributed by atoms with van der Waals surface area (Å²) in [5.41, 5.74) is 6.55. The van der Waals surface area contributed by atoms with E-state index in [1.54, 1.807) is 4.90 Å². The minimum Gasteiger partial charge on any atom is -0.368 e. The Bertz CT molecular complexity index is 763. The van der Waals surface area contributed by atoms with Crippen molar-refractivity contribution in [2.75, 3.05) is 39.3 Å². The highest BCUT2D eigenvalue weighted by molar-refractivity contribution is 5.84. The number of carbonyl (C=O) groups excluding carboxylic acids is 3. The Balaban J connectivity index is 1.66. The standard InChI is InChI=1S/C24H36N4O3/c1-18(2)13-28-15-21(27(17-24(28)31)14-20-8-9-20)12-23(30)26(16-22(25)29)11-10-19-6-4-3-5-7-19/h3-7,18,20-21H,8-17H2,1-2H3,(H2,25,29). The molecule has 0 aromatic heterocycles. The number of hydrogen-bond acceptors (Lipinski definition) is 4. The molecule has 2 aliphatic rings. The second-order valence-corrected chi connectivity index (χ2v) is 9.44. The van der Waals surface area contributed by atoms with Crippen molar-refractivity contribution < 1.29 is 14.4 Å². The van der Waals surface area contributed by atoms with E-state index < -0.39 is 5.91 Å². The van der Waals surface area contributed by atoms with Gasteiger partial charge in [-0.25, -0.2) is 0 Å². The fraction of sp³-hybridized carbons (Fsp3) is 0.625. The monoisotopic (exact) mass is 428 g/mol. The fourth-order valence-electron chi connectivity index (χ4n) is 4.25. The molecule has 7 heteroatoms. The Morgan fingerprint density at radius 1 is 1.19 bits per heavy atom. The molecule has 31 heavy (non-hydrogen) atoms. The van der Waals surface area contributed by atoms with Crippen LogP contribution in [-0.4, -0.2) is 77.7 Å². The average Bonchev–Trinajstić information content (AvgIpc) is 3.52. The van der Waals surface area contributed by atoms with Crippen LogP contribution in [0.1, 0.15) is 38.7 Å². The molecule has 1 atom stereocenters. The lowest BCUT2D eigenvalue weighted by atomic mass is 10.0. The predicted octanol–water partition coefficient (Wildman–Crippen LogP) is 1.51. The van der Waals surface area contributed by atoms with Crippen LogP contribution < -0.4 is 5.73 Å². The number of hydrogen-bond donors (Lipinski definition) is 1. The summed E-state index contributed by atoms with van der Waals surface area (Å²) < 4.78 is 0. The van der Waals surface area contributed by atoms with Crippen molar-refractivity contribution in [2.24, 2.45) is 17.6 Å². The van der Waals surface area contributed by atoms with E-state index in [2.05, 4.69) is 18.7 Å². The lowest BCUT2D eigenvalue weighted by Crippen LogP contribution is -2.58. The van der Waals surface area contributed by atoms with E-state index >= 15 is 0 Å². The first-order valence-electron chi connectivity index (χ1n) is 11.4. The summed E-state index contributed by atoms with van der Waals surface area (Å²) in [5.74, 6) is 0.598. The molecule has 0 spiro atoms. The van der Waals surface area contributed by atoms with E-state index in [4.69, 9.17) is 5.73 Å². The SMILES string of the molecule is CC(C)CN1CC(CC(=O)N(CCc2ccccc2)CC(N)=O)N(CC2CC2)CC1=O. The maximum atomic E-state index is 13.2. The van der Waals surface area contributed by atoms with Crippen molar-refractivity contribution in [1.82, 2.24) is 14.7 Å². The molecular formula is C24H36N4O3. The molecule has 0 bridgehead atoms. The fourth-order valence-corrected chi connectivity index (χ4v) is 4.25. The lowest BCUT2D eigenvalue weighted by molar-refractivity contribution is -0.143. The van der Waals surface area contributed by atoms with Gasteiger partial charge in [0.15, 0.2) is 0 Å². The molecule has 0 radical (unpaired) electrons. The second-order valence-electron chi connectivity index (χ2n) is 9.44. The van der Waals surface area contributed by atoms with E-state index in [0.717, 1.165) is 12.1 Å². The maximum Gasteiger partial charge on any atom is 0.237 e. The number of benzene rings is 1. The van der Waals surface area contributed by atoms with Crippen LogP contribution in [0.5, 0.6) is 0 Å². The summed E-state index contributed by atoms with van der Waals surface area (Å²) in [6.07, 6.45) is 3.38. The lowest BCUT2D eigenvalue weighted by Gasteiger charge is -2.42. The van der Waals surface area contributed by atoms with Crippen molar-refractivity contribution in [3.63, 3.8) is 0 Å². The van der Waals surface area contributed by atoms with Gasteiger partial charge < -0.3 is 15.5 Å². The molecule has 3 amide bonds. The Morgan fingerprint density at radius 2 is 1.90 bits per heavy atom. The van der Waals surface area contributed by atoms with Gasteiger partial charge in [0.1, 0.15) is 0 Å². The maximum absolute atomic E-state index is 13.2. The zero-order chi connectivity index (χ0) is 22.4. The van der Waals surface area contributed by atoms with Crippen LogP contribution in [0.2, 0.25) is 0 Å². The molecule has 1 saturated carbocycles. The van der Waals surface area contributed by atoms with Gasteiger partial charge in [-0.1, -0.05) is 44.2 Å². The smallest absolute Gasteiger partial charge is 0.237 e. The topological polar surface area (TPSA) is 87.0 Å². The van der Waals surface area contributed by atoms with Gasteiger partial charge in [-0.3, -0.25) is 19.3 Å². The Hall–Kier alpha value is -2.41. The molecule has 1 aliphatic heterocycles. The van der Waals surface area contributed by atoms with Crippen LogP contribution in [-0.2, 0) is 20.8 Å². The molecule has 170 valence electrons. The van der Waals surface area contributed by atoms with Gasteiger partial charge in [0.05, 0.1) is 13.1 Å². The number of nitrogens with two attached hydrogens (primary N) is 1. The molecule has 3 rings (SSSR count). The summed E-state index contributed by atoms with van der Waals surface area (Å²) in [4.78, 5) is 43.1. The third kappa shape index (κ3) is 7.35. The van der Waals surface area contributed by atoms with Crippen LogP contribution in [0.4, 0.5) is 0 Å². The number of amides is 3. The van der Waals surface area contributed by atoms with E-state index in [9.17, 15) is 14.4 Å². The Labute approximate surface area is 185 Å². The second kappa shape index (κ2) is 10.8. The van der Waals surface area contributed by atoms with Gasteiger partial charge in [-0.2, -0.15) is 0 Å². The molecule has 1 saturated heterocycles. The third-order valence-corrected chi connectivity index (χ3v) is 6.04. The third-order valence-electron chi connectivity index (χ3n) is 6.04. The average molecular weight is 429 g/mol. The van der Waals surface area contributed by atoms with Gasteiger partial charge in [0.25, 0.3) is 0 Å². The summed E-state index contributed by atoms with van der Waals surface area (Å²) in [6.45, 7) is 7.11. The number of piperazine rings is 1. The number of primary amides is 1. The van der Waals surface area contributed by atoms with Gasteiger partial charge in [-0.15, -0.1) is 0 Å². The van der Waals surface area contributed by atoms with Crippen molar-refractivity contribution >= 4 is 17.7 Å². The first-order chi connectivity index (χ1) is 14.8. The quantitative estimate of drug-likeness (QED) is 0.579. The predicted molar refractivity (Wildman–Crippen MR) is 120 cm³/mol. The van der Waals surface area contributed by atoms with E-state index in [-0.39, 0.29) is 24.4 Å². The summed E-state index contributed by atoms with van der Waals surface area (Å²) in [7, 11) is 0. The van der Waals surface area contributed by atoms with Crippen molar-refractivity contribution in [1.29, 1.82) is 0 Å². The summed E-state index contributed by atoms with van der Waals surface area (Å²) >= 11 is 0. The summed E-state index contributed by atoms with van der Waals surface area (Å²) in [6, 6.07) is 9.90. The van der Waals surface area contributed by atoms with Gasteiger partial charge in [0, 0.05) is 38.6 Å². The minimum absolute atomic E-state index is 0.0170. The largest absolute Gasteiger partial charge is 0.368 e. The van der Waals surface area contributed by atoms with Crippen LogP contribution in [0, 0.1) is 11.8 Å². The molecule has 1 unspecified atom stereocenters. The van der Waals surface area contributed by atoms with Crippen molar-refractivity contribution in [3.8, 4) is 0 Å². The molecule has 2 N–H and O–H groups in total. The molecule has 1 aliphatic carbocycles. The number of carbonyl (C=O) groups is 3. The van der Waals surface area contributed by atoms with Gasteiger partial charge >= 0.3 is 0 Å². The molecule has 1 aromatic carbocycles. The number of nitrogens with zero attached hydrogens (tertiary/aromatic N) is 3.